The van der Waals surface area contributed by atoms with Crippen LogP contribution in [0.15, 0.2) is 48.5 Å². The number of hydrogen-bond acceptors (Lipinski definition) is 2. The van der Waals surface area contributed by atoms with Gasteiger partial charge in [-0.1, -0.05) is 35.9 Å². The number of benzene rings is 2. The fraction of sp³-hybridized carbons (Fsp3) is 0.125. The maximum Gasteiger partial charge on any atom is 0.248 e. The summed E-state index contributed by atoms with van der Waals surface area (Å²) in [7, 11) is 0. The summed E-state index contributed by atoms with van der Waals surface area (Å²) in [6, 6.07) is 14.4. The molecular formula is C16H18N2O2. The second-order valence-electron chi connectivity index (χ2n) is 4.41. The summed E-state index contributed by atoms with van der Waals surface area (Å²) in [6.45, 7) is 3.82. The molecule has 0 atom stereocenters. The zero-order valence-corrected chi connectivity index (χ0v) is 11.6. The van der Waals surface area contributed by atoms with E-state index in [0.717, 1.165) is 11.1 Å². The largest absolute Gasteiger partial charge is 0.366 e. The van der Waals surface area contributed by atoms with Crippen LogP contribution in [-0.2, 0) is 0 Å². The fourth-order valence-electron chi connectivity index (χ4n) is 1.57. The first kappa shape index (κ1) is 15.4. The van der Waals surface area contributed by atoms with Gasteiger partial charge in [0.25, 0.3) is 0 Å². The first-order valence-electron chi connectivity index (χ1n) is 6.13. The summed E-state index contributed by atoms with van der Waals surface area (Å²) in [5.41, 5.74) is 13.3. The number of nitrogens with two attached hydrogens (primary N) is 2. The molecule has 0 fully saturated rings. The van der Waals surface area contributed by atoms with Crippen molar-refractivity contribution >= 4 is 11.8 Å². The normalized spacial score (nSPS) is 9.30. The van der Waals surface area contributed by atoms with Gasteiger partial charge in [0.15, 0.2) is 0 Å². The lowest BCUT2D eigenvalue weighted by molar-refractivity contribution is 0.0991. The highest BCUT2D eigenvalue weighted by atomic mass is 16.1. The predicted molar refractivity (Wildman–Crippen MR) is 79.4 cm³/mol. The minimum atomic E-state index is -0.375. The monoisotopic (exact) mass is 270 g/mol. The average molecular weight is 270 g/mol. The van der Waals surface area contributed by atoms with Crippen molar-refractivity contribution in [3.63, 3.8) is 0 Å². The fourth-order valence-corrected chi connectivity index (χ4v) is 1.57. The summed E-state index contributed by atoms with van der Waals surface area (Å²) in [5, 5.41) is 0. The molecule has 0 bridgehead atoms. The number of amides is 2. The van der Waals surface area contributed by atoms with E-state index in [1.807, 2.05) is 38.1 Å². The maximum absolute atomic E-state index is 10.6. The van der Waals surface area contributed by atoms with E-state index in [1.54, 1.807) is 24.3 Å². The van der Waals surface area contributed by atoms with Crippen molar-refractivity contribution < 1.29 is 9.59 Å². The van der Waals surface area contributed by atoms with Crippen molar-refractivity contribution in [2.45, 2.75) is 13.8 Å². The minimum Gasteiger partial charge on any atom is -0.366 e. The summed E-state index contributed by atoms with van der Waals surface area (Å²) in [4.78, 5) is 21.2. The third kappa shape index (κ3) is 4.57. The molecule has 2 rings (SSSR count). The van der Waals surface area contributed by atoms with Gasteiger partial charge < -0.3 is 11.5 Å². The van der Waals surface area contributed by atoms with Crippen LogP contribution in [0.1, 0.15) is 31.8 Å². The average Bonchev–Trinajstić information content (AvgIpc) is 2.40. The van der Waals surface area contributed by atoms with Crippen molar-refractivity contribution in [2.75, 3.05) is 0 Å². The Bertz CT molecular complexity index is 604. The summed E-state index contributed by atoms with van der Waals surface area (Å²) in [6.07, 6.45) is 0. The lowest BCUT2D eigenvalue weighted by Crippen LogP contribution is -2.12. The number of carbonyl (C=O) groups excluding carboxylic acids is 2. The van der Waals surface area contributed by atoms with Crippen LogP contribution in [0.3, 0.4) is 0 Å². The van der Waals surface area contributed by atoms with Gasteiger partial charge in [0.05, 0.1) is 0 Å². The highest BCUT2D eigenvalue weighted by Crippen LogP contribution is 2.04. The standard InChI is InChI=1S/2C8H9NO/c1-6-2-4-7(5-3-6)8(9)10;1-6-4-2-3-5-7(6)8(9)10/h2*2-5H,1H3,(H2,9,10). The minimum absolute atomic E-state index is 0.363. The predicted octanol–water partition coefficient (Wildman–Crippen LogP) is 2.19. The second-order valence-corrected chi connectivity index (χ2v) is 4.41. The topological polar surface area (TPSA) is 86.2 Å². The number of carbonyl (C=O) groups is 2. The molecule has 0 spiro atoms. The summed E-state index contributed by atoms with van der Waals surface area (Å²) < 4.78 is 0. The van der Waals surface area contributed by atoms with Gasteiger partial charge >= 0.3 is 0 Å². The molecule has 0 aliphatic heterocycles. The molecule has 4 heteroatoms. The molecule has 4 nitrogen and oxygen atoms in total. The van der Waals surface area contributed by atoms with Crippen LogP contribution in [0, 0.1) is 13.8 Å². The Hall–Kier alpha value is -2.62. The van der Waals surface area contributed by atoms with Gasteiger partial charge in [-0.05, 0) is 37.6 Å². The molecular weight excluding hydrogens is 252 g/mol. The first-order chi connectivity index (χ1) is 9.41. The van der Waals surface area contributed by atoms with Gasteiger partial charge in [0.1, 0.15) is 0 Å². The van der Waals surface area contributed by atoms with Gasteiger partial charge in [-0.3, -0.25) is 9.59 Å². The Balaban J connectivity index is 0.000000200. The Morgan fingerprint density at radius 1 is 0.800 bits per heavy atom. The Labute approximate surface area is 118 Å². The summed E-state index contributed by atoms with van der Waals surface area (Å²) >= 11 is 0. The van der Waals surface area contributed by atoms with E-state index >= 15 is 0 Å². The molecule has 0 saturated carbocycles. The lowest BCUT2D eigenvalue weighted by Gasteiger charge is -1.97. The van der Waals surface area contributed by atoms with Gasteiger partial charge in [0, 0.05) is 11.1 Å². The molecule has 2 aromatic carbocycles. The van der Waals surface area contributed by atoms with E-state index in [-0.39, 0.29) is 11.8 Å². The van der Waals surface area contributed by atoms with Crippen molar-refractivity contribution in [3.05, 3.63) is 70.8 Å². The molecule has 0 heterocycles. The number of primary amides is 2. The van der Waals surface area contributed by atoms with Crippen LogP contribution in [-0.4, -0.2) is 11.8 Å². The molecule has 4 N–H and O–H groups in total. The third-order valence-corrected chi connectivity index (χ3v) is 2.75. The van der Waals surface area contributed by atoms with Crippen LogP contribution in [0.5, 0.6) is 0 Å². The number of aryl methyl sites for hydroxylation is 2. The first-order valence-corrected chi connectivity index (χ1v) is 6.13. The van der Waals surface area contributed by atoms with E-state index in [9.17, 15) is 9.59 Å². The van der Waals surface area contributed by atoms with Gasteiger partial charge in [-0.25, -0.2) is 0 Å². The van der Waals surface area contributed by atoms with Gasteiger partial charge in [-0.15, -0.1) is 0 Å². The molecule has 0 aliphatic rings. The second kappa shape index (κ2) is 7.09. The van der Waals surface area contributed by atoms with Crippen LogP contribution in [0.4, 0.5) is 0 Å². The molecule has 0 unspecified atom stereocenters. The van der Waals surface area contributed by atoms with E-state index in [2.05, 4.69) is 0 Å². The summed E-state index contributed by atoms with van der Waals surface area (Å²) in [5.74, 6) is -0.738. The van der Waals surface area contributed by atoms with Crippen molar-refractivity contribution in [1.82, 2.24) is 0 Å². The maximum atomic E-state index is 10.6. The van der Waals surface area contributed by atoms with E-state index < -0.39 is 0 Å². The molecule has 0 aliphatic carbocycles. The smallest absolute Gasteiger partial charge is 0.248 e. The van der Waals surface area contributed by atoms with Crippen LogP contribution >= 0.6 is 0 Å². The Kier molecular flexibility index (Phi) is 5.47. The highest BCUT2D eigenvalue weighted by Gasteiger charge is 2.00. The molecule has 2 amide bonds. The third-order valence-electron chi connectivity index (χ3n) is 2.75. The van der Waals surface area contributed by atoms with E-state index in [0.29, 0.717) is 11.1 Å². The van der Waals surface area contributed by atoms with Crippen LogP contribution < -0.4 is 11.5 Å². The quantitative estimate of drug-likeness (QED) is 0.876. The van der Waals surface area contributed by atoms with Gasteiger partial charge in [-0.2, -0.15) is 0 Å². The molecule has 2 aromatic rings. The SMILES string of the molecule is Cc1ccc(C(N)=O)cc1.Cc1ccccc1C(N)=O. The number of hydrogen-bond donors (Lipinski definition) is 2. The van der Waals surface area contributed by atoms with Crippen LogP contribution in [0.2, 0.25) is 0 Å². The molecule has 104 valence electrons. The number of rotatable bonds is 2. The van der Waals surface area contributed by atoms with Crippen molar-refractivity contribution in [1.29, 1.82) is 0 Å². The molecule has 0 radical (unpaired) electrons. The zero-order chi connectivity index (χ0) is 15.1. The highest BCUT2D eigenvalue weighted by molar-refractivity contribution is 5.94. The van der Waals surface area contributed by atoms with Crippen molar-refractivity contribution in [2.24, 2.45) is 11.5 Å². The zero-order valence-electron chi connectivity index (χ0n) is 11.6. The van der Waals surface area contributed by atoms with E-state index in [4.69, 9.17) is 11.5 Å². The Morgan fingerprint density at radius 2 is 1.35 bits per heavy atom. The van der Waals surface area contributed by atoms with Gasteiger partial charge in [0.2, 0.25) is 11.8 Å². The van der Waals surface area contributed by atoms with E-state index in [1.165, 1.54) is 0 Å². The Morgan fingerprint density at radius 3 is 1.75 bits per heavy atom. The molecule has 0 saturated heterocycles. The van der Waals surface area contributed by atoms with Crippen LogP contribution in [0.25, 0.3) is 0 Å². The molecule has 0 aromatic heterocycles. The van der Waals surface area contributed by atoms with Crippen molar-refractivity contribution in [3.8, 4) is 0 Å². The molecule has 20 heavy (non-hydrogen) atoms. The lowest BCUT2D eigenvalue weighted by atomic mass is 10.1.